The van der Waals surface area contributed by atoms with Crippen molar-refractivity contribution in [3.63, 3.8) is 0 Å². The fourth-order valence-electron chi connectivity index (χ4n) is 3.07. The van der Waals surface area contributed by atoms with Crippen LogP contribution in [0, 0.1) is 11.8 Å². The van der Waals surface area contributed by atoms with E-state index in [1.807, 2.05) is 0 Å². The van der Waals surface area contributed by atoms with Gasteiger partial charge in [0.2, 0.25) is 5.91 Å². The number of hydrogen-bond acceptors (Lipinski definition) is 4. The predicted molar refractivity (Wildman–Crippen MR) is 64.5 cm³/mol. The van der Waals surface area contributed by atoms with Crippen LogP contribution in [-0.4, -0.2) is 32.9 Å². The monoisotopic (exact) mass is 252 g/mol. The fourth-order valence-corrected chi connectivity index (χ4v) is 3.66. The number of nitrogens with one attached hydrogen (secondary N) is 2. The van der Waals surface area contributed by atoms with Crippen LogP contribution in [0.15, 0.2) is 11.5 Å². The molecule has 2 saturated carbocycles. The second-order valence-corrected chi connectivity index (χ2v) is 5.89. The van der Waals surface area contributed by atoms with Crippen molar-refractivity contribution in [1.82, 2.24) is 20.5 Å². The highest BCUT2D eigenvalue weighted by molar-refractivity contribution is 7.99. The number of amides is 1. The molecule has 1 heterocycles. The number of aromatic nitrogens is 3. The number of hydrogen-bond donors (Lipinski definition) is 2. The molecule has 0 aromatic carbocycles. The zero-order valence-electron chi connectivity index (χ0n) is 9.56. The van der Waals surface area contributed by atoms with E-state index in [2.05, 4.69) is 20.5 Å². The summed E-state index contributed by atoms with van der Waals surface area (Å²) in [5, 5.41) is 10.3. The first-order valence-electron chi connectivity index (χ1n) is 6.09. The van der Waals surface area contributed by atoms with Gasteiger partial charge in [0.25, 0.3) is 0 Å². The molecule has 0 spiro atoms. The summed E-state index contributed by atoms with van der Waals surface area (Å²) in [6.45, 7) is 0. The predicted octanol–water partition coefficient (Wildman–Crippen LogP) is 1.20. The highest BCUT2D eigenvalue weighted by Crippen LogP contribution is 2.44. The largest absolute Gasteiger partial charge is 0.352 e. The molecule has 2 aliphatic rings. The second-order valence-electron chi connectivity index (χ2n) is 4.93. The van der Waals surface area contributed by atoms with Gasteiger partial charge in [-0.05, 0) is 31.1 Å². The lowest BCUT2D eigenvalue weighted by atomic mass is 9.95. The lowest BCUT2D eigenvalue weighted by Crippen LogP contribution is -2.39. The van der Waals surface area contributed by atoms with Crippen molar-refractivity contribution in [3.05, 3.63) is 6.33 Å². The Morgan fingerprint density at radius 2 is 2.47 bits per heavy atom. The minimum Gasteiger partial charge on any atom is -0.352 e. The number of carbonyl (C=O) groups is 1. The number of fused-ring (bicyclic) bond motifs is 2. The first kappa shape index (κ1) is 11.1. The van der Waals surface area contributed by atoms with Gasteiger partial charge in [-0.3, -0.25) is 9.89 Å². The normalized spacial score (nSPS) is 30.7. The number of aromatic amines is 1. The van der Waals surface area contributed by atoms with E-state index in [4.69, 9.17) is 0 Å². The van der Waals surface area contributed by atoms with E-state index >= 15 is 0 Å². The molecule has 17 heavy (non-hydrogen) atoms. The Morgan fingerprint density at radius 1 is 1.53 bits per heavy atom. The molecule has 0 radical (unpaired) electrons. The molecule has 2 fully saturated rings. The first-order chi connectivity index (χ1) is 8.31. The molecule has 6 heteroatoms. The van der Waals surface area contributed by atoms with Crippen molar-refractivity contribution in [2.45, 2.75) is 36.9 Å². The summed E-state index contributed by atoms with van der Waals surface area (Å²) in [6, 6.07) is 0.427. The van der Waals surface area contributed by atoms with Gasteiger partial charge in [-0.2, -0.15) is 5.10 Å². The molecule has 0 aliphatic heterocycles. The molecule has 1 aromatic heterocycles. The van der Waals surface area contributed by atoms with Crippen LogP contribution in [0.4, 0.5) is 0 Å². The van der Waals surface area contributed by atoms with E-state index < -0.39 is 0 Å². The highest BCUT2D eigenvalue weighted by Gasteiger charge is 2.39. The van der Waals surface area contributed by atoms with Crippen molar-refractivity contribution in [2.75, 3.05) is 5.75 Å². The SMILES string of the molecule is O=C(CSc1ncn[nH]1)N[C@@H]1C[C@@H]2CC[C@@H]1C2. The Balaban J connectivity index is 1.44. The Morgan fingerprint density at radius 3 is 3.12 bits per heavy atom. The molecule has 1 amide bonds. The van der Waals surface area contributed by atoms with Gasteiger partial charge < -0.3 is 5.32 Å². The van der Waals surface area contributed by atoms with Crippen LogP contribution in [0.1, 0.15) is 25.7 Å². The Labute approximate surface area is 104 Å². The van der Waals surface area contributed by atoms with E-state index in [0.29, 0.717) is 17.0 Å². The van der Waals surface area contributed by atoms with E-state index in [1.165, 1.54) is 43.8 Å². The van der Waals surface area contributed by atoms with Crippen LogP contribution < -0.4 is 5.32 Å². The van der Waals surface area contributed by atoms with Crippen LogP contribution in [0.3, 0.4) is 0 Å². The number of thioether (sulfide) groups is 1. The molecule has 0 unspecified atom stereocenters. The van der Waals surface area contributed by atoms with E-state index in [1.54, 1.807) is 0 Å². The standard InChI is InChI=1S/C11H16N4OS/c16-10(5-17-11-12-6-13-15-11)14-9-4-7-1-2-8(9)3-7/h6-9H,1-5H2,(H,14,16)(H,12,13,15)/t7-,8-,9-/m1/s1. The van der Waals surface area contributed by atoms with Gasteiger partial charge in [-0.15, -0.1) is 0 Å². The van der Waals surface area contributed by atoms with Gasteiger partial charge in [0.15, 0.2) is 5.16 Å². The maximum absolute atomic E-state index is 11.8. The third-order valence-electron chi connectivity index (χ3n) is 3.82. The van der Waals surface area contributed by atoms with Crippen molar-refractivity contribution < 1.29 is 4.79 Å². The number of rotatable bonds is 4. The summed E-state index contributed by atoms with van der Waals surface area (Å²) in [7, 11) is 0. The third kappa shape index (κ3) is 2.46. The Bertz CT molecular complexity index is 394. The quantitative estimate of drug-likeness (QED) is 0.790. The average molecular weight is 252 g/mol. The van der Waals surface area contributed by atoms with Gasteiger partial charge in [0.1, 0.15) is 6.33 Å². The molecular formula is C11H16N4OS. The minimum absolute atomic E-state index is 0.115. The van der Waals surface area contributed by atoms with Crippen LogP contribution in [-0.2, 0) is 4.79 Å². The van der Waals surface area contributed by atoms with Crippen LogP contribution in [0.5, 0.6) is 0 Å². The van der Waals surface area contributed by atoms with Crippen LogP contribution in [0.25, 0.3) is 0 Å². The fraction of sp³-hybridized carbons (Fsp3) is 0.727. The molecule has 92 valence electrons. The molecule has 3 atom stereocenters. The molecule has 2 bridgehead atoms. The smallest absolute Gasteiger partial charge is 0.230 e. The Hall–Kier alpha value is -1.04. The lowest BCUT2D eigenvalue weighted by Gasteiger charge is -2.22. The highest BCUT2D eigenvalue weighted by atomic mass is 32.2. The molecule has 3 rings (SSSR count). The summed E-state index contributed by atoms with van der Waals surface area (Å²) in [5.74, 6) is 2.14. The zero-order valence-corrected chi connectivity index (χ0v) is 10.4. The maximum Gasteiger partial charge on any atom is 0.230 e. The summed E-state index contributed by atoms with van der Waals surface area (Å²) in [6.07, 6.45) is 6.62. The second kappa shape index (κ2) is 4.68. The van der Waals surface area contributed by atoms with Crippen LogP contribution in [0.2, 0.25) is 0 Å². The van der Waals surface area contributed by atoms with E-state index in [0.717, 1.165) is 11.8 Å². The Kier molecular flexibility index (Phi) is 3.05. The summed E-state index contributed by atoms with van der Waals surface area (Å²) < 4.78 is 0. The average Bonchev–Trinajstić information content (AvgIpc) is 3.03. The number of H-pyrrole nitrogens is 1. The van der Waals surface area contributed by atoms with Gasteiger partial charge in [-0.1, -0.05) is 18.2 Å². The molecule has 2 aliphatic carbocycles. The lowest BCUT2D eigenvalue weighted by molar-refractivity contribution is -0.119. The van der Waals surface area contributed by atoms with Crippen LogP contribution >= 0.6 is 11.8 Å². The molecular weight excluding hydrogens is 236 g/mol. The van der Waals surface area contributed by atoms with Crippen molar-refractivity contribution in [3.8, 4) is 0 Å². The molecule has 5 nitrogen and oxygen atoms in total. The van der Waals surface area contributed by atoms with Gasteiger partial charge in [0, 0.05) is 6.04 Å². The molecule has 1 aromatic rings. The minimum atomic E-state index is 0.115. The number of carbonyl (C=O) groups excluding carboxylic acids is 1. The maximum atomic E-state index is 11.8. The number of nitrogens with zero attached hydrogens (tertiary/aromatic N) is 2. The zero-order chi connectivity index (χ0) is 11.7. The van der Waals surface area contributed by atoms with Gasteiger partial charge in [0.05, 0.1) is 5.75 Å². The van der Waals surface area contributed by atoms with Crippen molar-refractivity contribution in [2.24, 2.45) is 11.8 Å². The molecule has 2 N–H and O–H groups in total. The first-order valence-corrected chi connectivity index (χ1v) is 7.07. The third-order valence-corrected chi connectivity index (χ3v) is 4.69. The summed E-state index contributed by atoms with van der Waals surface area (Å²) in [4.78, 5) is 15.8. The topological polar surface area (TPSA) is 70.7 Å². The van der Waals surface area contributed by atoms with Crippen molar-refractivity contribution in [1.29, 1.82) is 0 Å². The van der Waals surface area contributed by atoms with Gasteiger partial charge >= 0.3 is 0 Å². The van der Waals surface area contributed by atoms with Crippen molar-refractivity contribution >= 4 is 17.7 Å². The van der Waals surface area contributed by atoms with E-state index in [9.17, 15) is 4.79 Å². The molecule has 0 saturated heterocycles. The van der Waals surface area contributed by atoms with E-state index in [-0.39, 0.29) is 5.91 Å². The summed E-state index contributed by atoms with van der Waals surface area (Å²) >= 11 is 1.40. The summed E-state index contributed by atoms with van der Waals surface area (Å²) in [5.41, 5.74) is 0. The van der Waals surface area contributed by atoms with Gasteiger partial charge in [-0.25, -0.2) is 4.98 Å².